The van der Waals surface area contributed by atoms with E-state index in [0.29, 0.717) is 0 Å². The molecule has 0 saturated heterocycles. The third kappa shape index (κ3) is 1.79. The third-order valence-corrected chi connectivity index (χ3v) is 2.33. The van der Waals surface area contributed by atoms with Gasteiger partial charge >= 0.3 is 0 Å². The molecule has 1 heterocycles. The minimum atomic E-state index is -0.505. The summed E-state index contributed by atoms with van der Waals surface area (Å²) in [6.07, 6.45) is 1.84. The van der Waals surface area contributed by atoms with Crippen LogP contribution in [0.4, 0.5) is 0 Å². The molecule has 0 saturated carbocycles. The van der Waals surface area contributed by atoms with Crippen LogP contribution in [0.3, 0.4) is 0 Å². The maximum Gasteiger partial charge on any atom is 0.0856 e. The maximum absolute atomic E-state index is 9.06. The molecule has 76 valence electrons. The molecule has 5 heteroatoms. The Hall–Kier alpha value is -1.97. The molecule has 1 atom stereocenters. The van der Waals surface area contributed by atoms with Crippen molar-refractivity contribution in [1.82, 2.24) is 4.98 Å². The number of H-pyrrole nitrogens is 1. The molecule has 2 rings (SSSR count). The molecule has 1 aromatic heterocycles. The predicted molar refractivity (Wildman–Crippen MR) is 57.3 cm³/mol. The number of aliphatic hydroxyl groups is 1. The summed E-state index contributed by atoms with van der Waals surface area (Å²) in [6.45, 7) is -0.181. The van der Waals surface area contributed by atoms with Gasteiger partial charge in [-0.25, -0.2) is 0 Å². The maximum atomic E-state index is 9.06. The summed E-state index contributed by atoms with van der Waals surface area (Å²) in [5.74, 6) is 0. The van der Waals surface area contributed by atoms with Gasteiger partial charge < -0.3 is 10.1 Å². The molecule has 0 radical (unpaired) electrons. The standard InChI is InChI=1S/C10H10N4O/c11-14-13-10(6-15)7-1-2-9-8(5-7)3-4-12-9/h1-5,10,12,15H,6H2. The Labute approximate surface area is 86.0 Å². The number of benzene rings is 1. The SMILES string of the molecule is [N-]=[N+]=NC(CO)c1ccc2[nH]ccc2c1. The van der Waals surface area contributed by atoms with Crippen LogP contribution in [0.25, 0.3) is 21.3 Å². The molecule has 2 N–H and O–H groups in total. The Kier molecular flexibility index (Phi) is 2.58. The van der Waals surface area contributed by atoms with Crippen LogP contribution >= 0.6 is 0 Å². The highest BCUT2D eigenvalue weighted by atomic mass is 16.3. The van der Waals surface area contributed by atoms with Crippen LogP contribution in [-0.2, 0) is 0 Å². The van der Waals surface area contributed by atoms with Crippen LogP contribution in [-0.4, -0.2) is 16.7 Å². The van der Waals surface area contributed by atoms with Crippen molar-refractivity contribution in [2.24, 2.45) is 5.11 Å². The molecule has 0 aliphatic heterocycles. The Morgan fingerprint density at radius 3 is 3.07 bits per heavy atom. The van der Waals surface area contributed by atoms with Crippen molar-refractivity contribution in [3.8, 4) is 0 Å². The van der Waals surface area contributed by atoms with E-state index in [9.17, 15) is 0 Å². The first-order chi connectivity index (χ1) is 7.35. The number of hydrogen-bond acceptors (Lipinski definition) is 2. The lowest BCUT2D eigenvalue weighted by molar-refractivity contribution is 0.268. The molecule has 1 aromatic carbocycles. The monoisotopic (exact) mass is 202 g/mol. The molecule has 5 nitrogen and oxygen atoms in total. The van der Waals surface area contributed by atoms with Crippen molar-refractivity contribution < 1.29 is 5.11 Å². The van der Waals surface area contributed by atoms with Crippen LogP contribution in [0.15, 0.2) is 35.6 Å². The van der Waals surface area contributed by atoms with Crippen molar-refractivity contribution >= 4 is 10.9 Å². The van der Waals surface area contributed by atoms with Gasteiger partial charge in [0, 0.05) is 16.6 Å². The second-order valence-electron chi connectivity index (χ2n) is 3.23. The van der Waals surface area contributed by atoms with Crippen LogP contribution < -0.4 is 0 Å². The summed E-state index contributed by atoms with van der Waals surface area (Å²) >= 11 is 0. The fraction of sp³-hybridized carbons (Fsp3) is 0.200. The number of aromatic amines is 1. The van der Waals surface area contributed by atoms with Gasteiger partial charge in [-0.1, -0.05) is 11.2 Å². The van der Waals surface area contributed by atoms with Crippen molar-refractivity contribution in [2.75, 3.05) is 6.61 Å². The zero-order chi connectivity index (χ0) is 10.7. The summed E-state index contributed by atoms with van der Waals surface area (Å²) in [5, 5.41) is 13.6. The van der Waals surface area contributed by atoms with Gasteiger partial charge in [-0.05, 0) is 34.7 Å². The number of nitrogens with one attached hydrogen (secondary N) is 1. The van der Waals surface area contributed by atoms with Crippen LogP contribution in [0.2, 0.25) is 0 Å². The van der Waals surface area contributed by atoms with Crippen molar-refractivity contribution in [1.29, 1.82) is 0 Å². The van der Waals surface area contributed by atoms with Gasteiger partial charge in [0.2, 0.25) is 0 Å². The number of aliphatic hydroxyl groups excluding tert-OH is 1. The molecule has 0 fully saturated rings. The minimum absolute atomic E-state index is 0.181. The first-order valence-corrected chi connectivity index (χ1v) is 4.57. The lowest BCUT2D eigenvalue weighted by Gasteiger charge is -2.07. The number of nitrogens with zero attached hydrogens (tertiary/aromatic N) is 3. The van der Waals surface area contributed by atoms with E-state index in [0.717, 1.165) is 16.5 Å². The van der Waals surface area contributed by atoms with E-state index in [1.54, 1.807) is 0 Å². The second-order valence-corrected chi connectivity index (χ2v) is 3.23. The summed E-state index contributed by atoms with van der Waals surface area (Å²) in [6, 6.07) is 7.08. The Morgan fingerprint density at radius 2 is 2.33 bits per heavy atom. The number of hydrogen-bond donors (Lipinski definition) is 2. The molecular weight excluding hydrogens is 192 g/mol. The zero-order valence-corrected chi connectivity index (χ0v) is 7.96. The zero-order valence-electron chi connectivity index (χ0n) is 7.96. The van der Waals surface area contributed by atoms with Crippen molar-refractivity contribution in [3.05, 3.63) is 46.5 Å². The summed E-state index contributed by atoms with van der Waals surface area (Å²) in [7, 11) is 0. The molecule has 15 heavy (non-hydrogen) atoms. The Morgan fingerprint density at radius 1 is 1.47 bits per heavy atom. The van der Waals surface area contributed by atoms with E-state index in [1.165, 1.54) is 0 Å². The van der Waals surface area contributed by atoms with E-state index >= 15 is 0 Å². The highest BCUT2D eigenvalue weighted by Crippen LogP contribution is 2.21. The largest absolute Gasteiger partial charge is 0.396 e. The summed E-state index contributed by atoms with van der Waals surface area (Å²) in [5.41, 5.74) is 10.2. The normalized spacial score (nSPS) is 12.3. The van der Waals surface area contributed by atoms with E-state index in [1.807, 2.05) is 30.5 Å². The van der Waals surface area contributed by atoms with Gasteiger partial charge in [0.05, 0.1) is 12.6 Å². The lowest BCUT2D eigenvalue weighted by atomic mass is 10.1. The van der Waals surface area contributed by atoms with E-state index in [-0.39, 0.29) is 6.61 Å². The van der Waals surface area contributed by atoms with Crippen LogP contribution in [0.5, 0.6) is 0 Å². The quantitative estimate of drug-likeness (QED) is 0.447. The topological polar surface area (TPSA) is 84.8 Å². The first kappa shape index (κ1) is 9.58. The first-order valence-electron chi connectivity index (χ1n) is 4.57. The van der Waals surface area contributed by atoms with E-state index in [2.05, 4.69) is 15.0 Å². The molecule has 0 amide bonds. The van der Waals surface area contributed by atoms with Crippen LogP contribution in [0.1, 0.15) is 11.6 Å². The van der Waals surface area contributed by atoms with Gasteiger partial charge in [-0.15, -0.1) is 0 Å². The lowest BCUT2D eigenvalue weighted by Crippen LogP contribution is -1.99. The average molecular weight is 202 g/mol. The average Bonchev–Trinajstić information content (AvgIpc) is 2.72. The van der Waals surface area contributed by atoms with Gasteiger partial charge in [-0.3, -0.25) is 0 Å². The minimum Gasteiger partial charge on any atom is -0.396 e. The smallest absolute Gasteiger partial charge is 0.0856 e. The van der Waals surface area contributed by atoms with Gasteiger partial charge in [0.25, 0.3) is 0 Å². The summed E-state index contributed by atoms with van der Waals surface area (Å²) < 4.78 is 0. The molecule has 0 aliphatic carbocycles. The number of fused-ring (bicyclic) bond motifs is 1. The molecule has 1 unspecified atom stereocenters. The molecule has 0 bridgehead atoms. The van der Waals surface area contributed by atoms with Crippen molar-refractivity contribution in [3.63, 3.8) is 0 Å². The fourth-order valence-corrected chi connectivity index (χ4v) is 1.55. The van der Waals surface area contributed by atoms with Gasteiger partial charge in [0.1, 0.15) is 0 Å². The Balaban J connectivity index is 2.45. The number of azide groups is 1. The van der Waals surface area contributed by atoms with Gasteiger partial charge in [-0.2, -0.15) is 0 Å². The number of rotatable bonds is 3. The highest BCUT2D eigenvalue weighted by Gasteiger charge is 2.08. The predicted octanol–water partition coefficient (Wildman–Crippen LogP) is 2.51. The third-order valence-electron chi connectivity index (χ3n) is 2.33. The molecule has 0 aliphatic rings. The summed E-state index contributed by atoms with van der Waals surface area (Å²) in [4.78, 5) is 5.78. The second kappa shape index (κ2) is 4.04. The molecule has 0 spiro atoms. The van der Waals surface area contributed by atoms with E-state index in [4.69, 9.17) is 10.6 Å². The molecular formula is C10H10N4O. The fourth-order valence-electron chi connectivity index (χ4n) is 1.55. The van der Waals surface area contributed by atoms with Crippen LogP contribution in [0, 0.1) is 0 Å². The van der Waals surface area contributed by atoms with Crippen molar-refractivity contribution in [2.45, 2.75) is 6.04 Å². The van der Waals surface area contributed by atoms with Gasteiger partial charge in [0.15, 0.2) is 0 Å². The molecule has 2 aromatic rings. The Bertz CT molecular complexity index is 513. The van der Waals surface area contributed by atoms with E-state index < -0.39 is 6.04 Å². The number of aromatic nitrogens is 1. The highest BCUT2D eigenvalue weighted by molar-refractivity contribution is 5.80.